The number of amides is 1. The van der Waals surface area contributed by atoms with Crippen LogP contribution in [0.5, 0.6) is 5.75 Å². The molecule has 0 aromatic heterocycles. The lowest BCUT2D eigenvalue weighted by Gasteiger charge is -2.26. The lowest BCUT2D eigenvalue weighted by Crippen LogP contribution is -2.41. The molecule has 1 saturated heterocycles. The number of benzene rings is 1. The fourth-order valence-electron chi connectivity index (χ4n) is 2.56. The zero-order chi connectivity index (χ0) is 16.5. The first-order valence-corrected chi connectivity index (χ1v) is 8.50. The van der Waals surface area contributed by atoms with Crippen LogP contribution in [0.25, 0.3) is 0 Å². The molecule has 5 nitrogen and oxygen atoms in total. The Labute approximate surface area is 139 Å². The molecular formula is C18H28N2O3. The SMILES string of the molecule is CC[C@H](Oc1ccc(C)cc1)C(=O)NCCCN1CCOCC1. The van der Waals surface area contributed by atoms with Gasteiger partial charge in [-0.3, -0.25) is 9.69 Å². The smallest absolute Gasteiger partial charge is 0.261 e. The van der Waals surface area contributed by atoms with E-state index in [9.17, 15) is 4.79 Å². The number of morpholine rings is 1. The highest BCUT2D eigenvalue weighted by atomic mass is 16.5. The van der Waals surface area contributed by atoms with Crippen molar-refractivity contribution in [1.29, 1.82) is 0 Å². The third kappa shape index (κ3) is 6.20. The molecule has 1 aromatic rings. The Hall–Kier alpha value is -1.59. The average molecular weight is 320 g/mol. The Morgan fingerprint density at radius 3 is 2.65 bits per heavy atom. The van der Waals surface area contributed by atoms with E-state index in [2.05, 4.69) is 10.2 Å². The maximum atomic E-state index is 12.2. The monoisotopic (exact) mass is 320 g/mol. The summed E-state index contributed by atoms with van der Waals surface area (Å²) >= 11 is 0. The average Bonchev–Trinajstić information content (AvgIpc) is 2.59. The quantitative estimate of drug-likeness (QED) is 0.744. The van der Waals surface area contributed by atoms with Crippen molar-refractivity contribution in [1.82, 2.24) is 10.2 Å². The van der Waals surface area contributed by atoms with Crippen molar-refractivity contribution in [3.63, 3.8) is 0 Å². The number of carbonyl (C=O) groups excluding carboxylic acids is 1. The van der Waals surface area contributed by atoms with Gasteiger partial charge >= 0.3 is 0 Å². The maximum Gasteiger partial charge on any atom is 0.261 e. The van der Waals surface area contributed by atoms with E-state index in [4.69, 9.17) is 9.47 Å². The standard InChI is InChI=1S/C18H28N2O3/c1-3-17(23-16-7-5-15(2)6-8-16)18(21)19-9-4-10-20-11-13-22-14-12-20/h5-8,17H,3-4,9-14H2,1-2H3,(H,19,21)/t17-/m0/s1. The maximum absolute atomic E-state index is 12.2. The summed E-state index contributed by atoms with van der Waals surface area (Å²) in [6.07, 6.45) is 1.18. The molecule has 1 heterocycles. The van der Waals surface area contributed by atoms with E-state index >= 15 is 0 Å². The molecule has 0 unspecified atom stereocenters. The second kappa shape index (κ2) is 9.53. The minimum Gasteiger partial charge on any atom is -0.481 e. The highest BCUT2D eigenvalue weighted by molar-refractivity contribution is 5.81. The molecule has 1 amide bonds. The van der Waals surface area contributed by atoms with Crippen molar-refractivity contribution >= 4 is 5.91 Å². The van der Waals surface area contributed by atoms with Crippen LogP contribution >= 0.6 is 0 Å². The number of hydrogen-bond acceptors (Lipinski definition) is 4. The predicted molar refractivity (Wildman–Crippen MR) is 90.8 cm³/mol. The molecule has 128 valence electrons. The molecule has 0 saturated carbocycles. The Morgan fingerprint density at radius 1 is 1.30 bits per heavy atom. The number of nitrogens with one attached hydrogen (secondary N) is 1. The normalized spacial score (nSPS) is 16.8. The highest BCUT2D eigenvalue weighted by Gasteiger charge is 2.18. The van der Waals surface area contributed by atoms with Gasteiger partial charge in [0, 0.05) is 19.6 Å². The molecule has 23 heavy (non-hydrogen) atoms. The summed E-state index contributed by atoms with van der Waals surface area (Å²) in [6, 6.07) is 7.79. The molecular weight excluding hydrogens is 292 g/mol. The van der Waals surface area contributed by atoms with Crippen LogP contribution in [-0.4, -0.2) is 56.3 Å². The summed E-state index contributed by atoms with van der Waals surface area (Å²) in [6.45, 7) is 9.28. The summed E-state index contributed by atoms with van der Waals surface area (Å²) < 4.78 is 11.1. The Morgan fingerprint density at radius 2 is 2.00 bits per heavy atom. The minimum absolute atomic E-state index is 0.0324. The van der Waals surface area contributed by atoms with E-state index < -0.39 is 6.10 Å². The topological polar surface area (TPSA) is 50.8 Å². The Kier molecular flexibility index (Phi) is 7.36. The van der Waals surface area contributed by atoms with Gasteiger partial charge in [0.05, 0.1) is 13.2 Å². The van der Waals surface area contributed by atoms with Crippen molar-refractivity contribution in [2.45, 2.75) is 32.8 Å². The number of rotatable bonds is 8. The van der Waals surface area contributed by atoms with Gasteiger partial charge in [0.15, 0.2) is 6.10 Å². The fraction of sp³-hybridized carbons (Fsp3) is 0.611. The second-order valence-electron chi connectivity index (χ2n) is 5.93. The van der Waals surface area contributed by atoms with Crippen LogP contribution in [0.4, 0.5) is 0 Å². The predicted octanol–water partition coefficient (Wildman–Crippen LogP) is 1.99. The molecule has 5 heteroatoms. The van der Waals surface area contributed by atoms with Gasteiger partial charge in [0.2, 0.25) is 0 Å². The van der Waals surface area contributed by atoms with Gasteiger partial charge in [0.25, 0.3) is 5.91 Å². The first-order valence-electron chi connectivity index (χ1n) is 8.50. The van der Waals surface area contributed by atoms with Gasteiger partial charge < -0.3 is 14.8 Å². The summed E-state index contributed by atoms with van der Waals surface area (Å²) in [5.41, 5.74) is 1.18. The summed E-state index contributed by atoms with van der Waals surface area (Å²) in [4.78, 5) is 14.6. The van der Waals surface area contributed by atoms with E-state index in [1.165, 1.54) is 5.56 Å². The molecule has 0 bridgehead atoms. The lowest BCUT2D eigenvalue weighted by molar-refractivity contribution is -0.128. The molecule has 1 aliphatic rings. The van der Waals surface area contributed by atoms with E-state index in [1.807, 2.05) is 38.1 Å². The van der Waals surface area contributed by atoms with Crippen LogP contribution in [0.3, 0.4) is 0 Å². The third-order valence-corrected chi connectivity index (χ3v) is 4.02. The van der Waals surface area contributed by atoms with Gasteiger partial charge in [-0.2, -0.15) is 0 Å². The lowest BCUT2D eigenvalue weighted by atomic mass is 10.2. The van der Waals surface area contributed by atoms with Crippen molar-refractivity contribution in [3.8, 4) is 5.75 Å². The van der Waals surface area contributed by atoms with Crippen molar-refractivity contribution in [2.24, 2.45) is 0 Å². The number of nitrogens with zero attached hydrogens (tertiary/aromatic N) is 1. The molecule has 1 atom stereocenters. The van der Waals surface area contributed by atoms with E-state index in [-0.39, 0.29) is 5.91 Å². The molecule has 0 radical (unpaired) electrons. The van der Waals surface area contributed by atoms with Gasteiger partial charge in [-0.15, -0.1) is 0 Å². The first-order chi connectivity index (χ1) is 11.2. The van der Waals surface area contributed by atoms with E-state index in [0.717, 1.165) is 45.0 Å². The number of hydrogen-bond donors (Lipinski definition) is 1. The van der Waals surface area contributed by atoms with Crippen LogP contribution in [0.15, 0.2) is 24.3 Å². The summed E-state index contributed by atoms with van der Waals surface area (Å²) in [5.74, 6) is 0.709. The third-order valence-electron chi connectivity index (χ3n) is 4.02. The molecule has 1 N–H and O–H groups in total. The Bertz CT molecular complexity index is 470. The van der Waals surface area contributed by atoms with Crippen molar-refractivity contribution in [3.05, 3.63) is 29.8 Å². The molecule has 2 rings (SSSR count). The van der Waals surface area contributed by atoms with Gasteiger partial charge in [-0.25, -0.2) is 0 Å². The van der Waals surface area contributed by atoms with Crippen LogP contribution in [0, 0.1) is 6.92 Å². The molecule has 1 aliphatic heterocycles. The van der Waals surface area contributed by atoms with Crippen molar-refractivity contribution in [2.75, 3.05) is 39.4 Å². The van der Waals surface area contributed by atoms with E-state index in [0.29, 0.717) is 13.0 Å². The molecule has 1 fully saturated rings. The van der Waals surface area contributed by atoms with E-state index in [1.54, 1.807) is 0 Å². The highest BCUT2D eigenvalue weighted by Crippen LogP contribution is 2.14. The van der Waals surface area contributed by atoms with Gasteiger partial charge in [-0.05, 0) is 38.4 Å². The number of carbonyl (C=O) groups is 1. The van der Waals surface area contributed by atoms with Crippen LogP contribution in [0.2, 0.25) is 0 Å². The minimum atomic E-state index is -0.430. The fourth-order valence-corrected chi connectivity index (χ4v) is 2.56. The number of aryl methyl sites for hydroxylation is 1. The molecule has 0 aliphatic carbocycles. The summed E-state index contributed by atoms with van der Waals surface area (Å²) in [7, 11) is 0. The second-order valence-corrected chi connectivity index (χ2v) is 5.93. The molecule has 0 spiro atoms. The van der Waals surface area contributed by atoms with Crippen molar-refractivity contribution < 1.29 is 14.3 Å². The zero-order valence-electron chi connectivity index (χ0n) is 14.2. The first kappa shape index (κ1) is 17.8. The molecule has 1 aromatic carbocycles. The van der Waals surface area contributed by atoms with Crippen LogP contribution in [0.1, 0.15) is 25.3 Å². The largest absolute Gasteiger partial charge is 0.481 e. The van der Waals surface area contributed by atoms with Gasteiger partial charge in [0.1, 0.15) is 5.75 Å². The zero-order valence-corrected chi connectivity index (χ0v) is 14.2. The van der Waals surface area contributed by atoms with Crippen LogP contribution in [-0.2, 0) is 9.53 Å². The summed E-state index contributed by atoms with van der Waals surface area (Å²) in [5, 5.41) is 2.98. The van der Waals surface area contributed by atoms with Crippen LogP contribution < -0.4 is 10.1 Å². The Balaban J connectivity index is 1.68. The number of ether oxygens (including phenoxy) is 2. The van der Waals surface area contributed by atoms with Gasteiger partial charge in [-0.1, -0.05) is 24.6 Å².